The second-order valence-corrected chi connectivity index (χ2v) is 8.88. The molecule has 0 aliphatic carbocycles. The number of rotatable bonds is 4. The number of aliphatic imine (C=N–C) groups is 1. The minimum Gasteiger partial charge on any atom is -0.377 e. The van der Waals surface area contributed by atoms with E-state index in [9.17, 15) is 0 Å². The largest absolute Gasteiger partial charge is 0.377 e. The molecule has 3 unspecified atom stereocenters. The first-order valence-electron chi connectivity index (χ1n) is 10.00. The van der Waals surface area contributed by atoms with E-state index >= 15 is 0 Å². The molecular formula is C19H38IN5O. The summed E-state index contributed by atoms with van der Waals surface area (Å²) in [4.78, 5) is 9.62. The molecule has 4 heterocycles. The number of nitrogens with zero attached hydrogens (tertiary/aromatic N) is 3. The molecule has 3 atom stereocenters. The Morgan fingerprint density at radius 1 is 1.12 bits per heavy atom. The third-order valence-corrected chi connectivity index (χ3v) is 5.95. The smallest absolute Gasteiger partial charge is 0.191 e. The highest BCUT2D eigenvalue weighted by molar-refractivity contribution is 14.0. The van der Waals surface area contributed by atoms with Gasteiger partial charge in [-0.2, -0.15) is 0 Å². The number of guanidine groups is 1. The van der Waals surface area contributed by atoms with Crippen molar-refractivity contribution in [3.8, 4) is 0 Å². The van der Waals surface area contributed by atoms with Crippen molar-refractivity contribution in [3.05, 3.63) is 0 Å². The number of ether oxygens (including phenoxy) is 1. The van der Waals surface area contributed by atoms with Crippen LogP contribution in [-0.2, 0) is 4.74 Å². The van der Waals surface area contributed by atoms with Gasteiger partial charge in [-0.25, -0.2) is 0 Å². The molecule has 4 aliphatic heterocycles. The zero-order valence-corrected chi connectivity index (χ0v) is 19.3. The van der Waals surface area contributed by atoms with Crippen LogP contribution in [0.25, 0.3) is 0 Å². The van der Waals surface area contributed by atoms with Crippen LogP contribution in [-0.4, -0.2) is 87.4 Å². The molecule has 0 aromatic rings. The number of fused-ring (bicyclic) bond motifs is 3. The SMILES string of the molecule is CN=C(NCC1CCCOC1C(C)(C)C)NCC1CN2CCN1CC2.I. The van der Waals surface area contributed by atoms with E-state index in [-0.39, 0.29) is 29.4 Å². The third-order valence-electron chi connectivity index (χ3n) is 5.95. The zero-order chi connectivity index (χ0) is 17.9. The predicted octanol–water partition coefficient (Wildman–Crippen LogP) is 1.61. The van der Waals surface area contributed by atoms with Crippen LogP contribution in [0.1, 0.15) is 33.6 Å². The fraction of sp³-hybridized carbons (Fsp3) is 0.947. The summed E-state index contributed by atoms with van der Waals surface area (Å²) in [7, 11) is 1.87. The topological polar surface area (TPSA) is 52.1 Å². The molecule has 0 saturated carbocycles. The highest BCUT2D eigenvalue weighted by atomic mass is 127. The first-order valence-corrected chi connectivity index (χ1v) is 10.00. The molecule has 0 aromatic carbocycles. The van der Waals surface area contributed by atoms with E-state index in [1.807, 2.05) is 7.05 Å². The lowest BCUT2D eigenvalue weighted by molar-refractivity contribution is -0.0835. The van der Waals surface area contributed by atoms with Crippen molar-refractivity contribution in [2.24, 2.45) is 16.3 Å². The predicted molar refractivity (Wildman–Crippen MR) is 118 cm³/mol. The molecule has 152 valence electrons. The molecule has 4 saturated heterocycles. The lowest BCUT2D eigenvalue weighted by atomic mass is 9.78. The molecule has 0 aromatic heterocycles. The Morgan fingerprint density at radius 3 is 2.38 bits per heavy atom. The number of piperazine rings is 3. The Kier molecular flexibility index (Phi) is 8.43. The van der Waals surface area contributed by atoms with E-state index in [0.29, 0.717) is 18.1 Å². The fourth-order valence-corrected chi connectivity index (χ4v) is 4.59. The van der Waals surface area contributed by atoms with Gasteiger partial charge >= 0.3 is 0 Å². The third kappa shape index (κ3) is 5.69. The Hall–Kier alpha value is -0.120. The summed E-state index contributed by atoms with van der Waals surface area (Å²) in [5, 5.41) is 7.10. The number of nitrogens with one attached hydrogen (secondary N) is 2. The maximum absolute atomic E-state index is 6.10. The van der Waals surface area contributed by atoms with Crippen LogP contribution in [0.4, 0.5) is 0 Å². The van der Waals surface area contributed by atoms with Gasteiger partial charge in [-0.1, -0.05) is 20.8 Å². The Bertz CT molecular complexity index is 459. The molecule has 4 aliphatic rings. The van der Waals surface area contributed by atoms with E-state index < -0.39 is 0 Å². The summed E-state index contributed by atoms with van der Waals surface area (Å²) >= 11 is 0. The van der Waals surface area contributed by atoms with Gasteiger partial charge in [-0.3, -0.25) is 14.8 Å². The normalized spacial score (nSPS) is 34.9. The minimum absolute atomic E-state index is 0. The number of halogens is 1. The van der Waals surface area contributed by atoms with Crippen molar-refractivity contribution in [2.75, 3.05) is 59.5 Å². The molecule has 4 fully saturated rings. The molecule has 26 heavy (non-hydrogen) atoms. The zero-order valence-electron chi connectivity index (χ0n) is 17.0. The second-order valence-electron chi connectivity index (χ2n) is 8.88. The molecule has 4 rings (SSSR count). The Balaban J connectivity index is 0.00000243. The molecule has 7 heteroatoms. The summed E-state index contributed by atoms with van der Waals surface area (Å²) in [5.41, 5.74) is 0.187. The maximum Gasteiger partial charge on any atom is 0.191 e. The molecule has 0 spiro atoms. The molecule has 6 nitrogen and oxygen atoms in total. The van der Waals surface area contributed by atoms with E-state index in [0.717, 1.165) is 32.1 Å². The second kappa shape index (κ2) is 9.89. The van der Waals surface area contributed by atoms with Gasteiger partial charge in [-0.15, -0.1) is 24.0 Å². The molecular weight excluding hydrogens is 441 g/mol. The highest BCUT2D eigenvalue weighted by Crippen LogP contribution is 2.33. The van der Waals surface area contributed by atoms with E-state index in [1.165, 1.54) is 39.1 Å². The molecule has 2 N–H and O–H groups in total. The Morgan fingerprint density at radius 2 is 1.81 bits per heavy atom. The standard InChI is InChI=1S/C19H37N5O.HI/c1-19(2,3)17-15(6-5-11-25-17)12-21-18(20-4)22-13-16-14-23-7-9-24(16)10-8-23;/h15-17H,5-14H2,1-4H3,(H2,20,21,22);1H. The maximum atomic E-state index is 6.10. The van der Waals surface area contributed by atoms with Crippen molar-refractivity contribution in [1.82, 2.24) is 20.4 Å². The number of hydrogen-bond acceptors (Lipinski definition) is 4. The van der Waals surface area contributed by atoms with Crippen LogP contribution >= 0.6 is 24.0 Å². The monoisotopic (exact) mass is 479 g/mol. The molecule has 2 bridgehead atoms. The van der Waals surface area contributed by atoms with Gasteiger partial charge in [0.15, 0.2) is 5.96 Å². The highest BCUT2D eigenvalue weighted by Gasteiger charge is 2.35. The van der Waals surface area contributed by atoms with Crippen LogP contribution < -0.4 is 10.6 Å². The Labute approximate surface area is 176 Å². The van der Waals surface area contributed by atoms with Crippen LogP contribution in [0.5, 0.6) is 0 Å². The van der Waals surface area contributed by atoms with Crippen LogP contribution in [0.15, 0.2) is 4.99 Å². The summed E-state index contributed by atoms with van der Waals surface area (Å²) in [6, 6.07) is 0.612. The first kappa shape index (κ1) is 22.2. The van der Waals surface area contributed by atoms with Crippen molar-refractivity contribution in [1.29, 1.82) is 0 Å². The van der Waals surface area contributed by atoms with Gasteiger partial charge in [-0.05, 0) is 18.3 Å². The molecule has 0 radical (unpaired) electrons. The lowest BCUT2D eigenvalue weighted by Gasteiger charge is -2.47. The first-order chi connectivity index (χ1) is 12.0. The minimum atomic E-state index is 0. The van der Waals surface area contributed by atoms with Crippen LogP contribution in [0, 0.1) is 11.3 Å². The van der Waals surface area contributed by atoms with Crippen molar-refractivity contribution in [3.63, 3.8) is 0 Å². The van der Waals surface area contributed by atoms with E-state index in [2.05, 4.69) is 46.2 Å². The quantitative estimate of drug-likeness (QED) is 0.365. The van der Waals surface area contributed by atoms with Gasteiger partial charge in [0.05, 0.1) is 6.10 Å². The van der Waals surface area contributed by atoms with Gasteiger partial charge in [0, 0.05) is 71.4 Å². The van der Waals surface area contributed by atoms with Crippen molar-refractivity contribution < 1.29 is 4.74 Å². The van der Waals surface area contributed by atoms with Crippen LogP contribution in [0.3, 0.4) is 0 Å². The summed E-state index contributed by atoms with van der Waals surface area (Å²) in [6.07, 6.45) is 2.72. The summed E-state index contributed by atoms with van der Waals surface area (Å²) in [5.74, 6) is 1.48. The van der Waals surface area contributed by atoms with E-state index in [4.69, 9.17) is 4.74 Å². The summed E-state index contributed by atoms with van der Waals surface area (Å²) in [6.45, 7) is 15.7. The van der Waals surface area contributed by atoms with Gasteiger partial charge in [0.2, 0.25) is 0 Å². The van der Waals surface area contributed by atoms with Crippen molar-refractivity contribution >= 4 is 29.9 Å². The van der Waals surface area contributed by atoms with Crippen molar-refractivity contribution in [2.45, 2.75) is 45.8 Å². The van der Waals surface area contributed by atoms with Gasteiger partial charge in [0.25, 0.3) is 0 Å². The number of hydrogen-bond donors (Lipinski definition) is 2. The van der Waals surface area contributed by atoms with E-state index in [1.54, 1.807) is 0 Å². The average Bonchev–Trinajstić information content (AvgIpc) is 2.62. The summed E-state index contributed by atoms with van der Waals surface area (Å²) < 4.78 is 6.10. The fourth-order valence-electron chi connectivity index (χ4n) is 4.59. The lowest BCUT2D eigenvalue weighted by Crippen LogP contribution is -2.64. The van der Waals surface area contributed by atoms with Gasteiger partial charge < -0.3 is 15.4 Å². The molecule has 0 amide bonds. The average molecular weight is 479 g/mol. The van der Waals surface area contributed by atoms with Crippen LogP contribution in [0.2, 0.25) is 0 Å². The van der Waals surface area contributed by atoms with Gasteiger partial charge in [0.1, 0.15) is 0 Å².